The first kappa shape index (κ1) is 23.1. The fourth-order valence-corrected chi connectivity index (χ4v) is 5.03. The van der Waals surface area contributed by atoms with Crippen molar-refractivity contribution in [2.75, 3.05) is 18.1 Å². The van der Waals surface area contributed by atoms with Crippen molar-refractivity contribution in [1.29, 1.82) is 0 Å². The van der Waals surface area contributed by atoms with Gasteiger partial charge in [0, 0.05) is 23.7 Å². The van der Waals surface area contributed by atoms with Crippen LogP contribution in [0.2, 0.25) is 0 Å². The van der Waals surface area contributed by atoms with Gasteiger partial charge in [-0.25, -0.2) is 9.07 Å². The summed E-state index contributed by atoms with van der Waals surface area (Å²) in [5.74, 6) is -1.14. The van der Waals surface area contributed by atoms with Gasteiger partial charge >= 0.3 is 0 Å². The molecule has 0 aliphatic carbocycles. The predicted molar refractivity (Wildman–Crippen MR) is 130 cm³/mol. The van der Waals surface area contributed by atoms with E-state index in [1.807, 2.05) is 41.8 Å². The summed E-state index contributed by atoms with van der Waals surface area (Å²) in [6.45, 7) is 0.902. The third-order valence-electron chi connectivity index (χ3n) is 5.93. The lowest BCUT2D eigenvalue weighted by Crippen LogP contribution is -2.46. The molecule has 2 atom stereocenters. The lowest BCUT2D eigenvalue weighted by Gasteiger charge is -2.31. The van der Waals surface area contributed by atoms with Gasteiger partial charge in [-0.3, -0.25) is 14.5 Å². The molecule has 8 nitrogen and oxygen atoms in total. The summed E-state index contributed by atoms with van der Waals surface area (Å²) in [6, 6.07) is 15.6. The number of para-hydroxylation sites is 1. The minimum atomic E-state index is -0.941. The summed E-state index contributed by atoms with van der Waals surface area (Å²) in [6.07, 6.45) is 1.80. The maximum Gasteiger partial charge on any atom is 0.249 e. The fourth-order valence-electron chi connectivity index (χ4n) is 4.21. The van der Waals surface area contributed by atoms with Crippen LogP contribution in [0.1, 0.15) is 23.8 Å². The number of aromatic nitrogens is 3. The summed E-state index contributed by atoms with van der Waals surface area (Å²) in [5.41, 5.74) is 1.78. The molecule has 1 fully saturated rings. The molecule has 0 saturated carbocycles. The van der Waals surface area contributed by atoms with E-state index in [2.05, 4.69) is 15.6 Å². The number of carbonyl (C=O) groups excluding carboxylic acids is 2. The van der Waals surface area contributed by atoms with Crippen molar-refractivity contribution in [1.82, 2.24) is 20.3 Å². The Morgan fingerprint density at radius 1 is 1.17 bits per heavy atom. The van der Waals surface area contributed by atoms with Crippen LogP contribution in [-0.4, -0.2) is 46.1 Å². The molecule has 2 amide bonds. The number of benzene rings is 2. The normalized spacial score (nSPS) is 16.3. The number of anilines is 1. The van der Waals surface area contributed by atoms with Gasteiger partial charge in [-0.05, 0) is 60.7 Å². The van der Waals surface area contributed by atoms with Crippen molar-refractivity contribution < 1.29 is 18.7 Å². The van der Waals surface area contributed by atoms with E-state index >= 15 is 0 Å². The minimum absolute atomic E-state index is 0.0422. The second kappa shape index (κ2) is 10.3. The molecular weight excluding hydrogens is 469 g/mol. The Kier molecular flexibility index (Phi) is 6.82. The van der Waals surface area contributed by atoms with E-state index in [0.29, 0.717) is 34.7 Å². The molecule has 0 unspecified atom stereocenters. The number of hydrogen-bond acceptors (Lipinski definition) is 6. The number of halogens is 1. The molecule has 5 rings (SSSR count). The summed E-state index contributed by atoms with van der Waals surface area (Å²) in [7, 11) is 0. The molecule has 2 aromatic heterocycles. The van der Waals surface area contributed by atoms with Crippen LogP contribution in [0.4, 0.5) is 10.1 Å². The average Bonchev–Trinajstić information content (AvgIpc) is 3.65. The number of hydrogen-bond donors (Lipinski definition) is 1. The molecule has 35 heavy (non-hydrogen) atoms. The Labute approximate surface area is 205 Å². The van der Waals surface area contributed by atoms with Crippen LogP contribution in [0.3, 0.4) is 0 Å². The first-order valence-corrected chi connectivity index (χ1v) is 12.3. The molecule has 1 aliphatic rings. The number of fused-ring (bicyclic) bond motifs is 1. The zero-order valence-electron chi connectivity index (χ0n) is 18.8. The third kappa shape index (κ3) is 5.08. The Balaban J connectivity index is 1.49. The first-order chi connectivity index (χ1) is 17.1. The van der Waals surface area contributed by atoms with Gasteiger partial charge < -0.3 is 10.1 Å². The zero-order chi connectivity index (χ0) is 24.2. The number of ether oxygens (including phenoxy) is 1. The van der Waals surface area contributed by atoms with E-state index in [1.54, 1.807) is 0 Å². The van der Waals surface area contributed by atoms with Crippen LogP contribution in [-0.2, 0) is 20.9 Å². The van der Waals surface area contributed by atoms with Crippen LogP contribution < -0.4 is 10.2 Å². The highest BCUT2D eigenvalue weighted by atomic mass is 32.1. The number of nitrogens with one attached hydrogen (secondary N) is 1. The van der Waals surface area contributed by atoms with Crippen LogP contribution in [0, 0.1) is 5.82 Å². The van der Waals surface area contributed by atoms with Gasteiger partial charge in [0.15, 0.2) is 0 Å². The number of amides is 2. The van der Waals surface area contributed by atoms with E-state index in [0.717, 1.165) is 12.8 Å². The van der Waals surface area contributed by atoms with E-state index in [-0.39, 0.29) is 24.5 Å². The second-order valence-corrected chi connectivity index (χ2v) is 9.25. The van der Waals surface area contributed by atoms with Crippen molar-refractivity contribution in [3.05, 3.63) is 76.7 Å². The van der Waals surface area contributed by atoms with Gasteiger partial charge in [0.25, 0.3) is 0 Å². The summed E-state index contributed by atoms with van der Waals surface area (Å²) >= 11 is 1.38. The Morgan fingerprint density at radius 3 is 2.74 bits per heavy atom. The van der Waals surface area contributed by atoms with Gasteiger partial charge in [0.2, 0.25) is 11.8 Å². The summed E-state index contributed by atoms with van der Waals surface area (Å²) in [4.78, 5) is 29.4. The molecule has 0 spiro atoms. The molecule has 1 saturated heterocycles. The van der Waals surface area contributed by atoms with Crippen molar-refractivity contribution in [3.63, 3.8) is 0 Å². The van der Waals surface area contributed by atoms with Gasteiger partial charge in [-0.2, -0.15) is 0 Å². The Morgan fingerprint density at radius 2 is 2.00 bits per heavy atom. The maximum atomic E-state index is 13.8. The third-order valence-corrected chi connectivity index (χ3v) is 6.85. The highest BCUT2D eigenvalue weighted by Crippen LogP contribution is 2.31. The van der Waals surface area contributed by atoms with Gasteiger partial charge in [0.05, 0.1) is 11.6 Å². The summed E-state index contributed by atoms with van der Waals surface area (Å²) < 4.78 is 20.9. The van der Waals surface area contributed by atoms with Crippen LogP contribution >= 0.6 is 11.3 Å². The lowest BCUT2D eigenvalue weighted by molar-refractivity contribution is -0.127. The Bertz CT molecular complexity index is 1300. The predicted octanol–water partition coefficient (Wildman–Crippen LogP) is 3.70. The van der Waals surface area contributed by atoms with Crippen LogP contribution in [0.5, 0.6) is 0 Å². The number of rotatable bonds is 8. The van der Waals surface area contributed by atoms with Gasteiger partial charge in [0.1, 0.15) is 23.9 Å². The fraction of sp³-hybridized carbons (Fsp3) is 0.280. The smallest absolute Gasteiger partial charge is 0.249 e. The first-order valence-electron chi connectivity index (χ1n) is 11.4. The molecule has 2 aromatic carbocycles. The van der Waals surface area contributed by atoms with Gasteiger partial charge in [-0.15, -0.1) is 16.4 Å². The molecule has 3 heterocycles. The monoisotopic (exact) mass is 493 g/mol. The van der Waals surface area contributed by atoms with Crippen LogP contribution in [0.15, 0.2) is 66.0 Å². The largest absolute Gasteiger partial charge is 0.376 e. The van der Waals surface area contributed by atoms with E-state index in [9.17, 15) is 14.0 Å². The zero-order valence-corrected chi connectivity index (χ0v) is 19.7. The number of nitrogens with zero attached hydrogens (tertiary/aromatic N) is 4. The van der Waals surface area contributed by atoms with E-state index < -0.39 is 11.9 Å². The molecular formula is C25H24FN5O3S. The van der Waals surface area contributed by atoms with Crippen molar-refractivity contribution >= 4 is 39.9 Å². The SMILES string of the molecule is O=C(NC[C@H]1CCCO1)[C@H](c1cccs1)N(C(=O)Cn1nnc2ccccc21)c1ccc(F)cc1. The standard InChI is InChI=1S/C25H24FN5O3S/c26-17-9-11-18(12-10-17)31(23(32)16-30-21-7-2-1-6-20(21)28-29-30)24(22-8-4-14-35-22)25(33)27-15-19-5-3-13-34-19/h1-2,4,6-12,14,19,24H,3,5,13,15-16H2,(H,27,33)/t19-,24+/m1/s1. The highest BCUT2D eigenvalue weighted by Gasteiger charge is 2.34. The maximum absolute atomic E-state index is 13.8. The summed E-state index contributed by atoms with van der Waals surface area (Å²) in [5, 5.41) is 13.1. The van der Waals surface area contributed by atoms with E-state index in [4.69, 9.17) is 4.74 Å². The lowest BCUT2D eigenvalue weighted by atomic mass is 10.1. The number of thiophene rings is 1. The average molecular weight is 494 g/mol. The topological polar surface area (TPSA) is 89.4 Å². The molecule has 0 bridgehead atoms. The Hall–Kier alpha value is -3.63. The van der Waals surface area contributed by atoms with Crippen molar-refractivity contribution in [2.45, 2.75) is 31.5 Å². The minimum Gasteiger partial charge on any atom is -0.376 e. The molecule has 1 N–H and O–H groups in total. The molecule has 4 aromatic rings. The van der Waals surface area contributed by atoms with E-state index in [1.165, 1.54) is 45.2 Å². The van der Waals surface area contributed by atoms with Crippen LogP contribution in [0.25, 0.3) is 11.0 Å². The number of carbonyl (C=O) groups is 2. The molecule has 1 aliphatic heterocycles. The molecule has 0 radical (unpaired) electrons. The van der Waals surface area contributed by atoms with Crippen molar-refractivity contribution in [2.24, 2.45) is 0 Å². The second-order valence-electron chi connectivity index (χ2n) is 8.27. The van der Waals surface area contributed by atoms with Crippen molar-refractivity contribution in [3.8, 4) is 0 Å². The highest BCUT2D eigenvalue weighted by molar-refractivity contribution is 7.10. The quantitative estimate of drug-likeness (QED) is 0.404. The molecule has 180 valence electrons. The van der Waals surface area contributed by atoms with Gasteiger partial charge in [-0.1, -0.05) is 23.4 Å². The molecule has 10 heteroatoms.